The van der Waals surface area contributed by atoms with Crippen LogP contribution in [0.15, 0.2) is 23.1 Å². The first kappa shape index (κ1) is 15.5. The molecule has 21 heavy (non-hydrogen) atoms. The molecule has 0 atom stereocenters. The van der Waals surface area contributed by atoms with E-state index < -0.39 is 27.5 Å². The van der Waals surface area contributed by atoms with Crippen LogP contribution < -0.4 is 5.32 Å². The van der Waals surface area contributed by atoms with E-state index in [1.54, 1.807) is 6.92 Å². The molecule has 0 heterocycles. The summed E-state index contributed by atoms with van der Waals surface area (Å²) in [5.41, 5.74) is 0.397. The highest BCUT2D eigenvalue weighted by Gasteiger charge is 2.24. The molecule has 0 aromatic heterocycles. The fourth-order valence-corrected chi connectivity index (χ4v) is 3.10. The molecule has 0 aliphatic heterocycles. The number of aromatic carboxylic acids is 1. The minimum atomic E-state index is -3.84. The van der Waals surface area contributed by atoms with Gasteiger partial charge >= 0.3 is 5.97 Å². The van der Waals surface area contributed by atoms with Gasteiger partial charge in [0.2, 0.25) is 5.91 Å². The van der Waals surface area contributed by atoms with E-state index in [0.29, 0.717) is 18.0 Å². The summed E-state index contributed by atoms with van der Waals surface area (Å²) in [5.74, 6) is -1.95. The minimum Gasteiger partial charge on any atom is -0.478 e. The lowest BCUT2D eigenvalue weighted by atomic mass is 10.1. The number of hydrogen-bond acceptors (Lipinski definition) is 4. The average molecular weight is 311 g/mol. The van der Waals surface area contributed by atoms with Crippen LogP contribution >= 0.6 is 0 Å². The van der Waals surface area contributed by atoms with E-state index in [1.807, 2.05) is 0 Å². The molecule has 0 saturated heterocycles. The van der Waals surface area contributed by atoms with Crippen LogP contribution in [-0.2, 0) is 14.6 Å². The molecular weight excluding hydrogens is 294 g/mol. The molecule has 2 rings (SSSR count). The summed E-state index contributed by atoms with van der Waals surface area (Å²) in [6, 6.07) is 3.85. The number of carbonyl (C=O) groups excluding carboxylic acids is 1. The van der Waals surface area contributed by atoms with Gasteiger partial charge in [-0.15, -0.1) is 0 Å². The van der Waals surface area contributed by atoms with Gasteiger partial charge in [-0.1, -0.05) is 6.07 Å². The fourth-order valence-electron chi connectivity index (χ4n) is 1.91. The third-order valence-electron chi connectivity index (χ3n) is 3.40. The van der Waals surface area contributed by atoms with E-state index in [-0.39, 0.29) is 10.5 Å². The van der Waals surface area contributed by atoms with Crippen molar-refractivity contribution in [3.8, 4) is 0 Å². The molecule has 0 unspecified atom stereocenters. The summed E-state index contributed by atoms with van der Waals surface area (Å²) in [6.07, 6.45) is 2.12. The molecule has 1 fully saturated rings. The first-order valence-corrected chi connectivity index (χ1v) is 8.28. The minimum absolute atomic E-state index is 0.0746. The van der Waals surface area contributed by atoms with Crippen LogP contribution in [0.25, 0.3) is 0 Å². The molecule has 1 saturated carbocycles. The predicted molar refractivity (Wildman–Crippen MR) is 75.9 cm³/mol. The van der Waals surface area contributed by atoms with Gasteiger partial charge in [0.05, 0.1) is 10.5 Å². The number of rotatable bonds is 6. The van der Waals surface area contributed by atoms with Crippen molar-refractivity contribution in [3.63, 3.8) is 0 Å². The van der Waals surface area contributed by atoms with Gasteiger partial charge in [-0.25, -0.2) is 13.2 Å². The number of aryl methyl sites for hydroxylation is 1. The topological polar surface area (TPSA) is 101 Å². The molecule has 2 N–H and O–H groups in total. The normalized spacial score (nSPS) is 14.7. The maximum absolute atomic E-state index is 12.1. The van der Waals surface area contributed by atoms with Gasteiger partial charge in [0.15, 0.2) is 9.84 Å². The van der Waals surface area contributed by atoms with E-state index in [4.69, 9.17) is 5.11 Å². The summed E-state index contributed by atoms with van der Waals surface area (Å²) < 4.78 is 24.3. The van der Waals surface area contributed by atoms with Crippen molar-refractivity contribution in [3.05, 3.63) is 29.3 Å². The molecule has 1 amide bonds. The molecule has 1 aromatic rings. The number of nitrogens with one attached hydrogen (secondary N) is 1. The van der Waals surface area contributed by atoms with Crippen LogP contribution in [0.5, 0.6) is 0 Å². The van der Waals surface area contributed by atoms with Crippen molar-refractivity contribution in [1.29, 1.82) is 0 Å². The van der Waals surface area contributed by atoms with Crippen LogP contribution in [0.4, 0.5) is 0 Å². The molecule has 1 aliphatic carbocycles. The van der Waals surface area contributed by atoms with Crippen molar-refractivity contribution in [1.82, 2.24) is 5.32 Å². The smallest absolute Gasteiger partial charge is 0.335 e. The van der Waals surface area contributed by atoms with Crippen LogP contribution in [-0.4, -0.2) is 37.7 Å². The maximum Gasteiger partial charge on any atom is 0.335 e. The zero-order chi connectivity index (χ0) is 15.6. The lowest BCUT2D eigenvalue weighted by Gasteiger charge is -2.08. The summed E-state index contributed by atoms with van der Waals surface area (Å²) in [5, 5.41) is 11.6. The van der Waals surface area contributed by atoms with Gasteiger partial charge in [0, 0.05) is 6.54 Å². The number of amides is 1. The standard InChI is InChI=1S/C14H17NO5S/c1-9-2-5-11(6-12(9)14(17)18)21(19,20)8-13(16)15-7-10-3-4-10/h2,5-6,10H,3-4,7-8H2,1H3,(H,15,16)(H,17,18). The first-order valence-electron chi connectivity index (χ1n) is 6.63. The first-order chi connectivity index (χ1) is 9.79. The van der Waals surface area contributed by atoms with Crippen LogP contribution in [0.1, 0.15) is 28.8 Å². The number of carboxylic acid groups (broad SMARTS) is 1. The van der Waals surface area contributed by atoms with Crippen LogP contribution in [0.3, 0.4) is 0 Å². The Labute approximate surface area is 123 Å². The van der Waals surface area contributed by atoms with Crippen molar-refractivity contribution >= 4 is 21.7 Å². The Morgan fingerprint density at radius 1 is 1.33 bits per heavy atom. The van der Waals surface area contributed by atoms with E-state index in [2.05, 4.69) is 5.32 Å². The van der Waals surface area contributed by atoms with Gasteiger partial charge in [-0.3, -0.25) is 4.79 Å². The number of benzene rings is 1. The lowest BCUT2D eigenvalue weighted by Crippen LogP contribution is -2.31. The molecular formula is C14H17NO5S. The van der Waals surface area contributed by atoms with Gasteiger partial charge in [-0.2, -0.15) is 0 Å². The van der Waals surface area contributed by atoms with E-state index in [9.17, 15) is 18.0 Å². The van der Waals surface area contributed by atoms with Crippen LogP contribution in [0, 0.1) is 12.8 Å². The highest BCUT2D eigenvalue weighted by Crippen LogP contribution is 2.27. The van der Waals surface area contributed by atoms with Gasteiger partial charge < -0.3 is 10.4 Å². The number of sulfone groups is 1. The Morgan fingerprint density at radius 2 is 2.00 bits per heavy atom. The second-order valence-electron chi connectivity index (χ2n) is 5.29. The summed E-state index contributed by atoms with van der Waals surface area (Å²) in [7, 11) is -3.84. The monoisotopic (exact) mass is 311 g/mol. The molecule has 0 radical (unpaired) electrons. The highest BCUT2D eigenvalue weighted by molar-refractivity contribution is 7.92. The molecule has 1 aliphatic rings. The van der Waals surface area contributed by atoms with E-state index in [0.717, 1.165) is 18.9 Å². The lowest BCUT2D eigenvalue weighted by molar-refractivity contribution is -0.118. The molecule has 7 heteroatoms. The SMILES string of the molecule is Cc1ccc(S(=O)(=O)CC(=O)NCC2CC2)cc1C(=O)O. The second kappa shape index (κ2) is 5.85. The number of carboxylic acids is 1. The average Bonchev–Trinajstić information content (AvgIpc) is 3.19. The zero-order valence-corrected chi connectivity index (χ0v) is 12.4. The summed E-state index contributed by atoms with van der Waals surface area (Å²) in [4.78, 5) is 22.5. The molecule has 6 nitrogen and oxygen atoms in total. The number of hydrogen-bond donors (Lipinski definition) is 2. The quantitative estimate of drug-likeness (QED) is 0.816. The van der Waals surface area contributed by atoms with Crippen molar-refractivity contribution in [2.45, 2.75) is 24.7 Å². The van der Waals surface area contributed by atoms with Crippen molar-refractivity contribution in [2.75, 3.05) is 12.3 Å². The summed E-state index contributed by atoms with van der Waals surface area (Å²) in [6.45, 7) is 2.09. The van der Waals surface area contributed by atoms with E-state index >= 15 is 0 Å². The van der Waals surface area contributed by atoms with Gasteiger partial charge in [0.25, 0.3) is 0 Å². The third kappa shape index (κ3) is 4.04. The Kier molecular flexibility index (Phi) is 4.32. The Bertz CT molecular complexity index is 677. The molecule has 114 valence electrons. The van der Waals surface area contributed by atoms with Crippen molar-refractivity contribution in [2.24, 2.45) is 5.92 Å². The van der Waals surface area contributed by atoms with Gasteiger partial charge in [-0.05, 0) is 43.4 Å². The molecule has 1 aromatic carbocycles. The number of carbonyl (C=O) groups is 2. The Balaban J connectivity index is 2.12. The van der Waals surface area contributed by atoms with Crippen molar-refractivity contribution < 1.29 is 23.1 Å². The van der Waals surface area contributed by atoms with Crippen LogP contribution in [0.2, 0.25) is 0 Å². The maximum atomic E-state index is 12.1. The fraction of sp³-hybridized carbons (Fsp3) is 0.429. The Morgan fingerprint density at radius 3 is 2.57 bits per heavy atom. The largest absolute Gasteiger partial charge is 0.478 e. The molecule has 0 bridgehead atoms. The zero-order valence-electron chi connectivity index (χ0n) is 11.6. The highest BCUT2D eigenvalue weighted by atomic mass is 32.2. The Hall–Kier alpha value is -1.89. The van der Waals surface area contributed by atoms with E-state index in [1.165, 1.54) is 12.1 Å². The van der Waals surface area contributed by atoms with Gasteiger partial charge in [0.1, 0.15) is 5.75 Å². The third-order valence-corrected chi connectivity index (χ3v) is 5.02. The summed E-state index contributed by atoms with van der Waals surface area (Å²) >= 11 is 0. The predicted octanol–water partition coefficient (Wildman–Crippen LogP) is 0.993. The second-order valence-corrected chi connectivity index (χ2v) is 7.28. The molecule has 0 spiro atoms.